The Morgan fingerprint density at radius 2 is 2.16 bits per heavy atom. The molecule has 1 fully saturated rings. The van der Waals surface area contributed by atoms with E-state index in [1.807, 2.05) is 0 Å². The number of aliphatic hydroxyl groups excluding tert-OH is 1. The second-order valence-electron chi connectivity index (χ2n) is 4.06. The third-order valence-corrected chi connectivity index (χ3v) is 2.99. The molecule has 1 aromatic heterocycles. The summed E-state index contributed by atoms with van der Waals surface area (Å²) in [6.07, 6.45) is -1.28. The van der Waals surface area contributed by atoms with E-state index in [0.717, 1.165) is 4.68 Å². The summed E-state index contributed by atoms with van der Waals surface area (Å²) in [6, 6.07) is 0. The smallest absolute Gasteiger partial charge is 0.368 e. The van der Waals surface area contributed by atoms with Gasteiger partial charge in [-0.15, -0.1) is 0 Å². The average molecular weight is 272 g/mol. The molecule has 2 heterocycles. The molecule has 0 aliphatic carbocycles. The largest absolute Gasteiger partial charge is 0.394 e. The molecule has 2 unspecified atom stereocenters. The third-order valence-electron chi connectivity index (χ3n) is 2.99. The Balaban J connectivity index is 2.35. The Labute approximate surface area is 108 Å². The molecule has 0 saturated carbocycles. The number of nitrogen functional groups attached to an aromatic ring is 1. The lowest BCUT2D eigenvalue weighted by atomic mass is 10.1. The van der Waals surface area contributed by atoms with Gasteiger partial charge >= 0.3 is 5.69 Å². The van der Waals surface area contributed by atoms with Crippen LogP contribution in [0, 0.1) is 0 Å². The molecule has 0 amide bonds. The fourth-order valence-electron chi connectivity index (χ4n) is 2.12. The zero-order chi connectivity index (χ0) is 14.0. The summed E-state index contributed by atoms with van der Waals surface area (Å²) >= 11 is 0. The van der Waals surface area contributed by atoms with Crippen LogP contribution in [0.25, 0.3) is 0 Å². The van der Waals surface area contributed by atoms with Crippen LogP contribution in [0.2, 0.25) is 0 Å². The van der Waals surface area contributed by atoms with Crippen molar-refractivity contribution in [3.8, 4) is 0 Å². The van der Waals surface area contributed by atoms with Crippen LogP contribution in [0.5, 0.6) is 0 Å². The van der Waals surface area contributed by atoms with Crippen LogP contribution in [0.3, 0.4) is 0 Å². The number of nitrogens with zero attached hydrogens (tertiary/aromatic N) is 3. The number of methoxy groups -OCH3 is 2. The first-order valence-electron chi connectivity index (χ1n) is 5.65. The summed E-state index contributed by atoms with van der Waals surface area (Å²) in [6.45, 7) is -0.258. The molecule has 106 valence electrons. The Hall–Kier alpha value is -1.55. The first kappa shape index (κ1) is 13.9. The first-order valence-corrected chi connectivity index (χ1v) is 5.65. The highest BCUT2D eigenvalue weighted by molar-refractivity contribution is 5.19. The van der Waals surface area contributed by atoms with E-state index in [-0.39, 0.29) is 12.4 Å². The van der Waals surface area contributed by atoms with Crippen molar-refractivity contribution in [2.45, 2.75) is 24.5 Å². The summed E-state index contributed by atoms with van der Waals surface area (Å²) in [5.74, 6) is 0.0233. The van der Waals surface area contributed by atoms with Crippen LogP contribution in [0.15, 0.2) is 11.0 Å². The number of aliphatic hydroxyl groups is 1. The van der Waals surface area contributed by atoms with Gasteiger partial charge in [-0.05, 0) is 0 Å². The average Bonchev–Trinajstić information content (AvgIpc) is 2.76. The van der Waals surface area contributed by atoms with Gasteiger partial charge in [-0.25, -0.2) is 4.79 Å². The fourth-order valence-corrected chi connectivity index (χ4v) is 2.12. The topological polar surface area (TPSA) is 122 Å². The second-order valence-corrected chi connectivity index (χ2v) is 4.06. The van der Waals surface area contributed by atoms with Crippen LogP contribution in [-0.4, -0.2) is 59.0 Å². The molecule has 3 N–H and O–H groups in total. The van der Waals surface area contributed by atoms with E-state index < -0.39 is 30.2 Å². The number of hydrogen-bond acceptors (Lipinski definition) is 8. The van der Waals surface area contributed by atoms with Crippen molar-refractivity contribution in [2.24, 2.45) is 0 Å². The van der Waals surface area contributed by atoms with E-state index in [1.54, 1.807) is 0 Å². The van der Waals surface area contributed by atoms with Crippen LogP contribution < -0.4 is 11.4 Å². The number of ether oxygens (including phenoxy) is 3. The molecule has 1 aromatic rings. The van der Waals surface area contributed by atoms with Gasteiger partial charge < -0.3 is 25.1 Å². The van der Waals surface area contributed by atoms with Crippen molar-refractivity contribution < 1.29 is 19.3 Å². The van der Waals surface area contributed by atoms with Gasteiger partial charge in [0.1, 0.15) is 24.1 Å². The van der Waals surface area contributed by atoms with Gasteiger partial charge in [0, 0.05) is 14.2 Å². The predicted octanol–water partition coefficient (Wildman–Crippen LogP) is -1.86. The molecule has 9 nitrogen and oxygen atoms in total. The van der Waals surface area contributed by atoms with Gasteiger partial charge in [-0.1, -0.05) is 0 Å². The molecule has 1 aliphatic heterocycles. The fraction of sp³-hybridized carbons (Fsp3) is 0.700. The van der Waals surface area contributed by atoms with E-state index >= 15 is 0 Å². The Morgan fingerprint density at radius 1 is 1.47 bits per heavy atom. The summed E-state index contributed by atoms with van der Waals surface area (Å²) in [7, 11) is 2.94. The summed E-state index contributed by atoms with van der Waals surface area (Å²) in [4.78, 5) is 15.3. The van der Waals surface area contributed by atoms with E-state index in [9.17, 15) is 9.90 Å². The molecule has 4 atom stereocenters. The number of nitrogens with two attached hydrogens (primary N) is 1. The third kappa shape index (κ3) is 2.45. The molecule has 0 radical (unpaired) electrons. The summed E-state index contributed by atoms with van der Waals surface area (Å²) in [5, 5.41) is 13.1. The van der Waals surface area contributed by atoms with Gasteiger partial charge in [0.15, 0.2) is 6.23 Å². The van der Waals surface area contributed by atoms with Crippen molar-refractivity contribution >= 4 is 5.82 Å². The van der Waals surface area contributed by atoms with Crippen LogP contribution in [0.4, 0.5) is 5.82 Å². The molecule has 1 saturated heterocycles. The number of anilines is 1. The van der Waals surface area contributed by atoms with E-state index in [1.165, 1.54) is 20.4 Å². The number of rotatable bonds is 4. The monoisotopic (exact) mass is 272 g/mol. The SMILES string of the molecule is COC1C(OC)[C@@H](CO)O[C@H]1n1ncc(N)nc1=O. The molecular formula is C10H16N4O5. The Kier molecular flexibility index (Phi) is 4.10. The summed E-state index contributed by atoms with van der Waals surface area (Å²) < 4.78 is 17.1. The van der Waals surface area contributed by atoms with E-state index in [2.05, 4.69) is 10.1 Å². The zero-order valence-electron chi connectivity index (χ0n) is 10.6. The normalized spacial score (nSPS) is 30.7. The number of aromatic nitrogens is 3. The minimum Gasteiger partial charge on any atom is -0.394 e. The van der Waals surface area contributed by atoms with Crippen molar-refractivity contribution in [3.05, 3.63) is 16.7 Å². The standard InChI is InChI=1S/C10H16N4O5/c1-17-7-5(4-15)19-9(8(7)18-2)14-10(16)13-6(11)3-12-14/h3,5,7-9,15H,4H2,1-2H3,(H2,11,13,16)/t5-,7?,8?,9-/m1/s1. The maximum Gasteiger partial charge on any atom is 0.368 e. The minimum atomic E-state index is -0.826. The molecule has 1 aliphatic rings. The Morgan fingerprint density at radius 3 is 2.68 bits per heavy atom. The quantitative estimate of drug-likeness (QED) is 0.654. The van der Waals surface area contributed by atoms with Crippen LogP contribution in [-0.2, 0) is 14.2 Å². The van der Waals surface area contributed by atoms with Gasteiger partial charge in [-0.3, -0.25) is 0 Å². The molecule has 2 rings (SSSR count). The maximum atomic E-state index is 11.7. The van der Waals surface area contributed by atoms with Crippen molar-refractivity contribution in [3.63, 3.8) is 0 Å². The lowest BCUT2D eigenvalue weighted by Crippen LogP contribution is -2.39. The molecule has 0 aromatic carbocycles. The maximum absolute atomic E-state index is 11.7. The van der Waals surface area contributed by atoms with Gasteiger partial charge in [-0.2, -0.15) is 14.8 Å². The zero-order valence-corrected chi connectivity index (χ0v) is 10.6. The predicted molar refractivity (Wildman–Crippen MR) is 63.3 cm³/mol. The second kappa shape index (κ2) is 5.61. The molecule has 0 bridgehead atoms. The highest BCUT2D eigenvalue weighted by Gasteiger charge is 2.47. The first-order chi connectivity index (χ1) is 9.12. The highest BCUT2D eigenvalue weighted by atomic mass is 16.6. The van der Waals surface area contributed by atoms with Gasteiger partial charge in [0.05, 0.1) is 12.8 Å². The van der Waals surface area contributed by atoms with Gasteiger partial charge in [0.25, 0.3) is 0 Å². The Bertz CT molecular complexity index is 493. The molecule has 9 heteroatoms. The van der Waals surface area contributed by atoms with Crippen molar-refractivity contribution in [2.75, 3.05) is 26.6 Å². The molecular weight excluding hydrogens is 256 g/mol. The lowest BCUT2D eigenvalue weighted by molar-refractivity contribution is -0.0695. The summed E-state index contributed by atoms with van der Waals surface area (Å²) in [5.41, 5.74) is 4.72. The van der Waals surface area contributed by atoms with Crippen molar-refractivity contribution in [1.82, 2.24) is 14.8 Å². The van der Waals surface area contributed by atoms with Gasteiger partial charge in [0.2, 0.25) is 0 Å². The minimum absolute atomic E-state index is 0.0233. The highest BCUT2D eigenvalue weighted by Crippen LogP contribution is 2.31. The van der Waals surface area contributed by atoms with E-state index in [0.29, 0.717) is 0 Å². The number of hydrogen-bond donors (Lipinski definition) is 2. The van der Waals surface area contributed by atoms with Crippen molar-refractivity contribution in [1.29, 1.82) is 0 Å². The lowest BCUT2D eigenvalue weighted by Gasteiger charge is -2.21. The van der Waals surface area contributed by atoms with Crippen LogP contribution in [0.1, 0.15) is 6.23 Å². The molecule has 0 spiro atoms. The molecule has 19 heavy (non-hydrogen) atoms. The van der Waals surface area contributed by atoms with E-state index in [4.69, 9.17) is 19.9 Å². The van der Waals surface area contributed by atoms with Crippen LogP contribution >= 0.6 is 0 Å².